The van der Waals surface area contributed by atoms with E-state index in [-0.39, 0.29) is 32.0 Å². The third-order valence-corrected chi connectivity index (χ3v) is 3.76. The number of halogens is 4. The highest BCUT2D eigenvalue weighted by Crippen LogP contribution is 2.36. The fraction of sp³-hybridized carbons (Fsp3) is 0.0769. The number of hydrogen-bond acceptors (Lipinski definition) is 4. The standard InChI is InChI=1S/C13H8BrClF2N2O2/c1-21-13(20)12-8(15)11(18)6(4-19-12)5-2-3-7(14)10(17)9(5)16/h2-4H,1H3,(H2,18,19). The van der Waals surface area contributed by atoms with Gasteiger partial charge >= 0.3 is 5.97 Å². The minimum Gasteiger partial charge on any atom is -0.464 e. The molecule has 0 bridgehead atoms. The van der Waals surface area contributed by atoms with Crippen molar-refractivity contribution >= 4 is 39.2 Å². The van der Waals surface area contributed by atoms with Crippen LogP contribution in [0.5, 0.6) is 0 Å². The summed E-state index contributed by atoms with van der Waals surface area (Å²) in [5.74, 6) is -2.93. The second-order valence-electron chi connectivity index (χ2n) is 3.96. The van der Waals surface area contributed by atoms with Crippen molar-refractivity contribution in [1.29, 1.82) is 0 Å². The number of anilines is 1. The van der Waals surface area contributed by atoms with Crippen molar-refractivity contribution in [3.05, 3.63) is 45.2 Å². The highest BCUT2D eigenvalue weighted by atomic mass is 79.9. The maximum atomic E-state index is 14.0. The summed E-state index contributed by atoms with van der Waals surface area (Å²) in [6.45, 7) is 0. The van der Waals surface area contributed by atoms with Crippen molar-refractivity contribution in [3.8, 4) is 11.1 Å². The van der Waals surface area contributed by atoms with E-state index < -0.39 is 17.6 Å². The first-order valence-electron chi connectivity index (χ1n) is 5.54. The molecule has 0 amide bonds. The van der Waals surface area contributed by atoms with Gasteiger partial charge in [-0.1, -0.05) is 11.6 Å². The van der Waals surface area contributed by atoms with Gasteiger partial charge in [-0.3, -0.25) is 0 Å². The molecule has 0 saturated heterocycles. The molecular weight excluding hydrogens is 370 g/mol. The average molecular weight is 378 g/mol. The summed E-state index contributed by atoms with van der Waals surface area (Å²) in [5.41, 5.74) is 5.47. The normalized spacial score (nSPS) is 10.5. The van der Waals surface area contributed by atoms with Crippen LogP contribution in [-0.2, 0) is 4.74 Å². The first kappa shape index (κ1) is 15.7. The monoisotopic (exact) mass is 376 g/mol. The number of benzene rings is 1. The molecule has 2 aromatic rings. The van der Waals surface area contributed by atoms with E-state index >= 15 is 0 Å². The Kier molecular flexibility index (Phi) is 4.43. The minimum atomic E-state index is -1.10. The SMILES string of the molecule is COC(=O)c1ncc(-c2ccc(Br)c(F)c2F)c(N)c1Cl. The second kappa shape index (κ2) is 5.95. The summed E-state index contributed by atoms with van der Waals surface area (Å²) in [5, 5.41) is -0.179. The Labute approximate surface area is 132 Å². The van der Waals surface area contributed by atoms with Crippen molar-refractivity contribution in [3.63, 3.8) is 0 Å². The number of nitrogens with zero attached hydrogens (tertiary/aromatic N) is 1. The summed E-state index contributed by atoms with van der Waals surface area (Å²) >= 11 is 8.81. The van der Waals surface area contributed by atoms with Crippen LogP contribution in [-0.4, -0.2) is 18.1 Å². The molecule has 0 atom stereocenters. The number of ether oxygens (including phenoxy) is 1. The summed E-state index contributed by atoms with van der Waals surface area (Å²) in [4.78, 5) is 15.2. The number of esters is 1. The molecule has 1 aromatic heterocycles. The predicted octanol–water partition coefficient (Wildman–Crippen LogP) is 3.81. The Hall–Kier alpha value is -1.73. The molecule has 0 spiro atoms. The number of methoxy groups -OCH3 is 1. The Balaban J connectivity index is 2.65. The van der Waals surface area contributed by atoms with Gasteiger partial charge in [0.2, 0.25) is 0 Å². The topological polar surface area (TPSA) is 65.2 Å². The van der Waals surface area contributed by atoms with Crippen LogP contribution >= 0.6 is 27.5 Å². The molecule has 0 aliphatic heterocycles. The summed E-state index contributed by atoms with van der Waals surface area (Å²) in [7, 11) is 1.16. The fourth-order valence-corrected chi connectivity index (χ4v) is 2.22. The van der Waals surface area contributed by atoms with Gasteiger partial charge in [0.25, 0.3) is 0 Å². The van der Waals surface area contributed by atoms with Gasteiger partial charge in [-0.15, -0.1) is 0 Å². The maximum Gasteiger partial charge on any atom is 0.358 e. The molecule has 0 radical (unpaired) electrons. The van der Waals surface area contributed by atoms with Gasteiger partial charge in [-0.05, 0) is 28.1 Å². The van der Waals surface area contributed by atoms with Crippen molar-refractivity contribution in [2.75, 3.05) is 12.8 Å². The van der Waals surface area contributed by atoms with Crippen LogP contribution in [0.4, 0.5) is 14.5 Å². The third-order valence-electron chi connectivity index (χ3n) is 2.76. The number of hydrogen-bond donors (Lipinski definition) is 1. The molecule has 0 unspecified atom stereocenters. The summed E-state index contributed by atoms with van der Waals surface area (Å²) in [6.07, 6.45) is 1.14. The van der Waals surface area contributed by atoms with E-state index in [0.29, 0.717) is 0 Å². The molecule has 110 valence electrons. The van der Waals surface area contributed by atoms with Gasteiger partial charge in [0.15, 0.2) is 17.3 Å². The molecule has 1 heterocycles. The molecule has 8 heteroatoms. The molecule has 21 heavy (non-hydrogen) atoms. The molecule has 0 aliphatic rings. The first-order valence-corrected chi connectivity index (χ1v) is 6.71. The number of nitrogens with two attached hydrogens (primary N) is 1. The Morgan fingerprint density at radius 1 is 1.33 bits per heavy atom. The second-order valence-corrected chi connectivity index (χ2v) is 5.19. The van der Waals surface area contributed by atoms with Crippen molar-refractivity contribution in [2.24, 2.45) is 0 Å². The van der Waals surface area contributed by atoms with Crippen LogP contribution in [0.15, 0.2) is 22.8 Å². The van der Waals surface area contributed by atoms with E-state index in [2.05, 4.69) is 25.7 Å². The lowest BCUT2D eigenvalue weighted by molar-refractivity contribution is 0.0594. The fourth-order valence-electron chi connectivity index (χ4n) is 1.69. The Bertz CT molecular complexity index is 741. The van der Waals surface area contributed by atoms with Crippen LogP contribution in [0.2, 0.25) is 5.02 Å². The number of carbonyl (C=O) groups excluding carboxylic acids is 1. The van der Waals surface area contributed by atoms with E-state index in [0.717, 1.165) is 13.3 Å². The zero-order valence-corrected chi connectivity index (χ0v) is 12.9. The number of rotatable bonds is 2. The van der Waals surface area contributed by atoms with Gasteiger partial charge in [-0.25, -0.2) is 18.6 Å². The summed E-state index contributed by atoms with van der Waals surface area (Å²) in [6, 6.07) is 2.65. The largest absolute Gasteiger partial charge is 0.464 e. The van der Waals surface area contributed by atoms with E-state index in [1.807, 2.05) is 0 Å². The minimum absolute atomic E-state index is 0.0208. The highest BCUT2D eigenvalue weighted by Gasteiger charge is 2.21. The lowest BCUT2D eigenvalue weighted by Crippen LogP contribution is -2.08. The van der Waals surface area contributed by atoms with Crippen molar-refractivity contribution < 1.29 is 18.3 Å². The molecule has 4 nitrogen and oxygen atoms in total. The van der Waals surface area contributed by atoms with Crippen LogP contribution in [0, 0.1) is 11.6 Å². The van der Waals surface area contributed by atoms with Gasteiger partial charge in [0.1, 0.15) is 0 Å². The first-order chi connectivity index (χ1) is 9.88. The lowest BCUT2D eigenvalue weighted by atomic mass is 10.0. The maximum absolute atomic E-state index is 14.0. The number of aromatic nitrogens is 1. The van der Waals surface area contributed by atoms with Crippen LogP contribution in [0.25, 0.3) is 11.1 Å². The smallest absolute Gasteiger partial charge is 0.358 e. The quantitative estimate of drug-likeness (QED) is 0.638. The zero-order chi connectivity index (χ0) is 15.7. The van der Waals surface area contributed by atoms with E-state index in [9.17, 15) is 13.6 Å². The highest BCUT2D eigenvalue weighted by molar-refractivity contribution is 9.10. The molecule has 0 aliphatic carbocycles. The van der Waals surface area contributed by atoms with Gasteiger partial charge in [0, 0.05) is 17.3 Å². The van der Waals surface area contributed by atoms with E-state index in [4.69, 9.17) is 17.3 Å². The number of pyridine rings is 1. The van der Waals surface area contributed by atoms with Gasteiger partial charge in [0.05, 0.1) is 22.3 Å². The van der Waals surface area contributed by atoms with E-state index in [1.54, 1.807) is 0 Å². The summed E-state index contributed by atoms with van der Waals surface area (Å²) < 4.78 is 32.0. The number of nitrogen functional groups attached to an aromatic ring is 1. The third kappa shape index (κ3) is 2.71. The number of carbonyl (C=O) groups is 1. The van der Waals surface area contributed by atoms with Gasteiger partial charge in [-0.2, -0.15) is 0 Å². The van der Waals surface area contributed by atoms with Crippen LogP contribution in [0.1, 0.15) is 10.5 Å². The van der Waals surface area contributed by atoms with E-state index in [1.165, 1.54) is 12.1 Å². The van der Waals surface area contributed by atoms with Crippen LogP contribution < -0.4 is 5.73 Å². The molecule has 0 fully saturated rings. The predicted molar refractivity (Wildman–Crippen MR) is 78.1 cm³/mol. The van der Waals surface area contributed by atoms with Crippen molar-refractivity contribution in [1.82, 2.24) is 4.98 Å². The Morgan fingerprint density at radius 2 is 2.00 bits per heavy atom. The molecular formula is C13H8BrClF2N2O2. The zero-order valence-electron chi connectivity index (χ0n) is 10.6. The molecule has 0 saturated carbocycles. The average Bonchev–Trinajstić information content (AvgIpc) is 2.48. The van der Waals surface area contributed by atoms with Crippen molar-refractivity contribution in [2.45, 2.75) is 0 Å². The molecule has 2 N–H and O–H groups in total. The lowest BCUT2D eigenvalue weighted by Gasteiger charge is -2.11. The van der Waals surface area contributed by atoms with Crippen LogP contribution in [0.3, 0.4) is 0 Å². The van der Waals surface area contributed by atoms with Gasteiger partial charge < -0.3 is 10.5 Å². The Morgan fingerprint density at radius 3 is 2.62 bits per heavy atom. The molecule has 2 rings (SSSR count). The molecule has 1 aromatic carbocycles.